The van der Waals surface area contributed by atoms with Crippen LogP contribution in [0.1, 0.15) is 30.7 Å². The van der Waals surface area contributed by atoms with Gasteiger partial charge in [0.25, 0.3) is 5.89 Å². The zero-order chi connectivity index (χ0) is 13.2. The summed E-state index contributed by atoms with van der Waals surface area (Å²) in [6, 6.07) is 2.02. The van der Waals surface area contributed by atoms with Crippen LogP contribution in [0.3, 0.4) is 0 Å². The van der Waals surface area contributed by atoms with Crippen molar-refractivity contribution in [2.75, 3.05) is 26.7 Å². The van der Waals surface area contributed by atoms with Crippen LogP contribution in [0, 0.1) is 0 Å². The Morgan fingerprint density at radius 1 is 1.50 bits per heavy atom. The number of hydrogen-bond acceptors (Lipinski definition) is 6. The number of piperazine rings is 1. The molecule has 0 radical (unpaired) electrons. The van der Waals surface area contributed by atoms with Gasteiger partial charge in [0, 0.05) is 32.0 Å². The molecule has 2 aromatic heterocycles. The van der Waals surface area contributed by atoms with Crippen molar-refractivity contribution >= 4 is 12.4 Å². The van der Waals surface area contributed by atoms with Crippen LogP contribution in [-0.2, 0) is 0 Å². The Balaban J connectivity index is 0.00000147. The zero-order valence-corrected chi connectivity index (χ0v) is 12.4. The van der Waals surface area contributed by atoms with Crippen molar-refractivity contribution in [2.45, 2.75) is 19.0 Å². The summed E-state index contributed by atoms with van der Waals surface area (Å²) in [6.45, 7) is 4.84. The van der Waals surface area contributed by atoms with Crippen LogP contribution in [0.25, 0.3) is 0 Å². The molecule has 0 amide bonds. The fourth-order valence-electron chi connectivity index (χ4n) is 2.27. The van der Waals surface area contributed by atoms with Gasteiger partial charge in [0.05, 0.1) is 6.04 Å². The van der Waals surface area contributed by atoms with Crippen molar-refractivity contribution in [2.24, 2.45) is 0 Å². The van der Waals surface area contributed by atoms with E-state index in [0.717, 1.165) is 25.5 Å². The van der Waals surface area contributed by atoms with Crippen LogP contribution in [0.4, 0.5) is 0 Å². The third kappa shape index (κ3) is 2.84. The van der Waals surface area contributed by atoms with Gasteiger partial charge in [-0.3, -0.25) is 9.58 Å². The molecule has 0 aromatic carbocycles. The molecule has 2 atom stereocenters. The van der Waals surface area contributed by atoms with Crippen molar-refractivity contribution in [3.05, 3.63) is 30.2 Å². The number of likely N-dealkylation sites (N-methyl/N-ethyl adjacent to an activating group) is 1. The monoisotopic (exact) mass is 298 g/mol. The molecule has 0 spiro atoms. The number of aromatic nitrogens is 4. The van der Waals surface area contributed by atoms with Gasteiger partial charge in [-0.15, -0.1) is 12.4 Å². The molecule has 3 rings (SSSR count). The molecule has 2 unspecified atom stereocenters. The minimum absolute atomic E-state index is 0. The van der Waals surface area contributed by atoms with Crippen molar-refractivity contribution < 1.29 is 4.52 Å². The number of halogens is 1. The maximum atomic E-state index is 5.38. The minimum atomic E-state index is -0.0434. The normalized spacial score (nSPS) is 21.4. The van der Waals surface area contributed by atoms with Gasteiger partial charge < -0.3 is 9.84 Å². The summed E-state index contributed by atoms with van der Waals surface area (Å²) in [5.41, 5.74) is 0. The van der Waals surface area contributed by atoms with Gasteiger partial charge >= 0.3 is 0 Å². The molecule has 0 bridgehead atoms. The van der Waals surface area contributed by atoms with E-state index in [1.807, 2.05) is 19.2 Å². The summed E-state index contributed by atoms with van der Waals surface area (Å²) in [4.78, 5) is 6.76. The predicted molar refractivity (Wildman–Crippen MR) is 75.8 cm³/mol. The third-order valence-electron chi connectivity index (χ3n) is 3.55. The first-order chi connectivity index (χ1) is 9.25. The predicted octanol–water partition coefficient (Wildman–Crippen LogP) is 0.873. The first-order valence-corrected chi connectivity index (χ1v) is 6.49. The number of nitrogens with one attached hydrogen (secondary N) is 1. The molecule has 8 heteroatoms. The summed E-state index contributed by atoms with van der Waals surface area (Å²) >= 11 is 0. The van der Waals surface area contributed by atoms with E-state index in [4.69, 9.17) is 4.52 Å². The van der Waals surface area contributed by atoms with E-state index in [-0.39, 0.29) is 24.5 Å². The molecule has 1 saturated heterocycles. The van der Waals surface area contributed by atoms with E-state index in [2.05, 4.69) is 32.5 Å². The molecular weight excluding hydrogens is 280 g/mol. The van der Waals surface area contributed by atoms with Gasteiger partial charge in [0.1, 0.15) is 6.04 Å². The molecule has 0 saturated carbocycles. The molecule has 20 heavy (non-hydrogen) atoms. The topological polar surface area (TPSA) is 72.0 Å². The molecule has 110 valence electrons. The first kappa shape index (κ1) is 15.0. The fourth-order valence-corrected chi connectivity index (χ4v) is 2.27. The second-order valence-corrected chi connectivity index (χ2v) is 4.85. The maximum absolute atomic E-state index is 5.38. The Kier molecular flexibility index (Phi) is 4.74. The van der Waals surface area contributed by atoms with E-state index in [1.165, 1.54) is 0 Å². The largest absolute Gasteiger partial charge is 0.337 e. The van der Waals surface area contributed by atoms with E-state index in [1.54, 1.807) is 10.9 Å². The molecule has 1 N–H and O–H groups in total. The Bertz CT molecular complexity index is 528. The standard InChI is InChI=1S/C12H18N6O.ClH/c1-9(18-6-3-4-14-18)12-15-11(16-19-12)10-8-13-5-7-17(10)2;/h3-4,6,9-10,13H,5,7-8H2,1-2H3;1H. The average Bonchev–Trinajstić information content (AvgIpc) is 3.10. The summed E-state index contributed by atoms with van der Waals surface area (Å²) in [5, 5.41) is 11.7. The van der Waals surface area contributed by atoms with Gasteiger partial charge in [-0.25, -0.2) is 0 Å². The molecular formula is C12H19ClN6O. The second-order valence-electron chi connectivity index (χ2n) is 4.85. The lowest BCUT2D eigenvalue weighted by atomic mass is 10.2. The summed E-state index contributed by atoms with van der Waals surface area (Å²) in [6.07, 6.45) is 3.63. The molecule has 7 nitrogen and oxygen atoms in total. The highest BCUT2D eigenvalue weighted by Crippen LogP contribution is 2.21. The van der Waals surface area contributed by atoms with Crippen molar-refractivity contribution in [1.29, 1.82) is 0 Å². The maximum Gasteiger partial charge on any atom is 0.251 e. The van der Waals surface area contributed by atoms with E-state index >= 15 is 0 Å². The SMILES string of the molecule is CC(c1nc(C2CNCCN2C)no1)n1cccn1.Cl. The third-order valence-corrected chi connectivity index (χ3v) is 3.55. The molecule has 2 aromatic rings. The van der Waals surface area contributed by atoms with E-state index < -0.39 is 0 Å². The minimum Gasteiger partial charge on any atom is -0.337 e. The average molecular weight is 299 g/mol. The van der Waals surface area contributed by atoms with Crippen LogP contribution >= 0.6 is 12.4 Å². The lowest BCUT2D eigenvalue weighted by Crippen LogP contribution is -2.44. The van der Waals surface area contributed by atoms with Gasteiger partial charge in [-0.05, 0) is 20.0 Å². The highest BCUT2D eigenvalue weighted by Gasteiger charge is 2.26. The Morgan fingerprint density at radius 2 is 2.35 bits per heavy atom. The number of rotatable bonds is 3. The lowest BCUT2D eigenvalue weighted by molar-refractivity contribution is 0.190. The molecule has 3 heterocycles. The van der Waals surface area contributed by atoms with Crippen molar-refractivity contribution in [3.63, 3.8) is 0 Å². The van der Waals surface area contributed by atoms with Gasteiger partial charge in [-0.2, -0.15) is 10.1 Å². The van der Waals surface area contributed by atoms with Crippen LogP contribution in [0.5, 0.6) is 0 Å². The zero-order valence-electron chi connectivity index (χ0n) is 11.6. The summed E-state index contributed by atoms with van der Waals surface area (Å²) in [7, 11) is 2.08. The first-order valence-electron chi connectivity index (χ1n) is 6.49. The van der Waals surface area contributed by atoms with E-state index in [9.17, 15) is 0 Å². The summed E-state index contributed by atoms with van der Waals surface area (Å²) in [5.74, 6) is 1.33. The lowest BCUT2D eigenvalue weighted by Gasteiger charge is -2.30. The number of nitrogens with zero attached hydrogens (tertiary/aromatic N) is 5. The van der Waals surface area contributed by atoms with Crippen molar-refractivity contribution in [1.82, 2.24) is 30.1 Å². The van der Waals surface area contributed by atoms with Crippen molar-refractivity contribution in [3.8, 4) is 0 Å². The van der Waals surface area contributed by atoms with Gasteiger partial charge in [-0.1, -0.05) is 5.16 Å². The summed E-state index contributed by atoms with van der Waals surface area (Å²) < 4.78 is 7.18. The van der Waals surface area contributed by atoms with E-state index in [0.29, 0.717) is 5.89 Å². The van der Waals surface area contributed by atoms with Crippen LogP contribution in [0.15, 0.2) is 23.0 Å². The van der Waals surface area contributed by atoms with Gasteiger partial charge in [0.2, 0.25) is 0 Å². The highest BCUT2D eigenvalue weighted by molar-refractivity contribution is 5.85. The van der Waals surface area contributed by atoms with Gasteiger partial charge in [0.15, 0.2) is 5.82 Å². The molecule has 0 aliphatic carbocycles. The molecule has 1 fully saturated rings. The van der Waals surface area contributed by atoms with Crippen LogP contribution in [0.2, 0.25) is 0 Å². The molecule has 1 aliphatic heterocycles. The second kappa shape index (κ2) is 6.34. The van der Waals surface area contributed by atoms with Crippen LogP contribution < -0.4 is 5.32 Å². The number of hydrogen-bond donors (Lipinski definition) is 1. The Morgan fingerprint density at radius 3 is 3.05 bits per heavy atom. The van der Waals surface area contributed by atoms with Crippen LogP contribution in [-0.4, -0.2) is 51.5 Å². The fraction of sp³-hybridized carbons (Fsp3) is 0.583. The molecule has 1 aliphatic rings. The Labute approximate surface area is 123 Å². The highest BCUT2D eigenvalue weighted by atomic mass is 35.5. The quantitative estimate of drug-likeness (QED) is 0.907. The Hall–Kier alpha value is -1.44. The smallest absolute Gasteiger partial charge is 0.251 e.